The number of aliphatic carboxylic acids is 1. The van der Waals surface area contributed by atoms with Gasteiger partial charge in [-0.3, -0.25) is 9.59 Å². The van der Waals surface area contributed by atoms with Crippen LogP contribution in [0.4, 0.5) is 0 Å². The van der Waals surface area contributed by atoms with Crippen molar-refractivity contribution in [2.24, 2.45) is 13.0 Å². The smallest absolute Gasteiger partial charge is 0.308 e. The SMILES string of the molecule is Cn1cccc1C(=O)N[C@@H]1CCC[C@@H]1C(=O)O. The molecule has 0 aromatic carbocycles. The van der Waals surface area contributed by atoms with Crippen LogP contribution in [0.15, 0.2) is 18.3 Å². The molecule has 2 atom stereocenters. The molecular formula is C12H16N2O3. The molecule has 1 aromatic rings. The molecule has 2 rings (SSSR count). The first-order valence-corrected chi connectivity index (χ1v) is 5.74. The summed E-state index contributed by atoms with van der Waals surface area (Å²) in [6, 6.07) is 3.27. The van der Waals surface area contributed by atoms with Crippen molar-refractivity contribution >= 4 is 11.9 Å². The Morgan fingerprint density at radius 3 is 2.82 bits per heavy atom. The molecule has 1 heterocycles. The van der Waals surface area contributed by atoms with Gasteiger partial charge in [0.1, 0.15) is 5.69 Å². The lowest BCUT2D eigenvalue weighted by Crippen LogP contribution is -2.40. The zero-order chi connectivity index (χ0) is 12.4. The maximum Gasteiger partial charge on any atom is 0.308 e. The van der Waals surface area contributed by atoms with Crippen LogP contribution >= 0.6 is 0 Å². The second-order valence-corrected chi connectivity index (χ2v) is 4.46. The number of amides is 1. The van der Waals surface area contributed by atoms with Gasteiger partial charge < -0.3 is 15.0 Å². The van der Waals surface area contributed by atoms with E-state index in [2.05, 4.69) is 5.32 Å². The van der Waals surface area contributed by atoms with Crippen molar-refractivity contribution < 1.29 is 14.7 Å². The molecule has 5 heteroatoms. The Bertz CT molecular complexity index is 439. The second-order valence-electron chi connectivity index (χ2n) is 4.46. The number of carboxylic acid groups (broad SMARTS) is 1. The summed E-state index contributed by atoms with van der Waals surface area (Å²) >= 11 is 0. The number of aryl methyl sites for hydroxylation is 1. The van der Waals surface area contributed by atoms with E-state index in [1.807, 2.05) is 0 Å². The standard InChI is InChI=1S/C12H16N2O3/c1-14-7-3-6-10(14)11(15)13-9-5-2-4-8(9)12(16)17/h3,6-9H,2,4-5H2,1H3,(H,13,15)(H,16,17)/t8-,9+/m0/s1. The summed E-state index contributed by atoms with van der Waals surface area (Å²) in [5, 5.41) is 11.8. The summed E-state index contributed by atoms with van der Waals surface area (Å²) < 4.78 is 1.72. The number of nitrogens with zero attached hydrogens (tertiary/aromatic N) is 1. The predicted octanol–water partition coefficient (Wildman–Crippen LogP) is 1.01. The van der Waals surface area contributed by atoms with E-state index in [-0.39, 0.29) is 11.9 Å². The Balaban J connectivity index is 2.04. The van der Waals surface area contributed by atoms with E-state index in [0.717, 1.165) is 12.8 Å². The molecule has 1 fully saturated rings. The van der Waals surface area contributed by atoms with Crippen molar-refractivity contribution in [1.82, 2.24) is 9.88 Å². The largest absolute Gasteiger partial charge is 0.481 e. The lowest BCUT2D eigenvalue weighted by molar-refractivity contribution is -0.142. The number of hydrogen-bond donors (Lipinski definition) is 2. The molecular weight excluding hydrogens is 220 g/mol. The van der Waals surface area contributed by atoms with Crippen LogP contribution in [-0.2, 0) is 11.8 Å². The van der Waals surface area contributed by atoms with Gasteiger partial charge >= 0.3 is 5.97 Å². The molecule has 2 N–H and O–H groups in total. The fourth-order valence-electron chi connectivity index (χ4n) is 2.37. The number of nitrogens with one attached hydrogen (secondary N) is 1. The average Bonchev–Trinajstić information content (AvgIpc) is 2.86. The first-order valence-electron chi connectivity index (χ1n) is 5.74. The van der Waals surface area contributed by atoms with E-state index in [4.69, 9.17) is 5.11 Å². The Morgan fingerprint density at radius 1 is 1.47 bits per heavy atom. The highest BCUT2D eigenvalue weighted by atomic mass is 16.4. The Labute approximate surface area is 99.4 Å². The second kappa shape index (κ2) is 4.61. The van der Waals surface area contributed by atoms with Crippen LogP contribution in [-0.4, -0.2) is 27.6 Å². The van der Waals surface area contributed by atoms with Gasteiger partial charge in [-0.1, -0.05) is 6.42 Å². The van der Waals surface area contributed by atoms with Gasteiger partial charge in [0.25, 0.3) is 5.91 Å². The normalized spacial score (nSPS) is 23.6. The van der Waals surface area contributed by atoms with E-state index in [9.17, 15) is 9.59 Å². The van der Waals surface area contributed by atoms with Crippen molar-refractivity contribution in [2.75, 3.05) is 0 Å². The maximum atomic E-state index is 11.9. The van der Waals surface area contributed by atoms with Crippen LogP contribution in [0, 0.1) is 5.92 Å². The Morgan fingerprint density at radius 2 is 2.24 bits per heavy atom. The molecule has 0 saturated heterocycles. The molecule has 0 aliphatic heterocycles. The number of rotatable bonds is 3. The van der Waals surface area contributed by atoms with Crippen LogP contribution in [0.5, 0.6) is 0 Å². The summed E-state index contributed by atoms with van der Waals surface area (Å²) in [6.07, 6.45) is 4.04. The molecule has 1 amide bonds. The summed E-state index contributed by atoms with van der Waals surface area (Å²) in [5.74, 6) is -1.46. The summed E-state index contributed by atoms with van der Waals surface area (Å²) in [4.78, 5) is 22.9. The first-order chi connectivity index (χ1) is 8.09. The molecule has 1 aliphatic carbocycles. The van der Waals surface area contributed by atoms with Crippen molar-refractivity contribution in [3.8, 4) is 0 Å². The van der Waals surface area contributed by atoms with E-state index in [1.165, 1.54) is 0 Å². The lowest BCUT2D eigenvalue weighted by atomic mass is 10.0. The summed E-state index contributed by atoms with van der Waals surface area (Å²) in [5.41, 5.74) is 0.557. The van der Waals surface area contributed by atoms with Gasteiger partial charge in [0.05, 0.1) is 5.92 Å². The minimum Gasteiger partial charge on any atom is -0.481 e. The minimum absolute atomic E-state index is 0.198. The summed E-state index contributed by atoms with van der Waals surface area (Å²) in [7, 11) is 1.79. The van der Waals surface area contributed by atoms with E-state index in [0.29, 0.717) is 12.1 Å². The maximum absolute atomic E-state index is 11.9. The van der Waals surface area contributed by atoms with Crippen LogP contribution in [0.1, 0.15) is 29.8 Å². The Hall–Kier alpha value is -1.78. The first kappa shape index (κ1) is 11.7. The van der Waals surface area contributed by atoms with Gasteiger partial charge in [-0.25, -0.2) is 0 Å². The third-order valence-electron chi connectivity index (χ3n) is 3.33. The van der Waals surface area contributed by atoms with E-state index >= 15 is 0 Å². The zero-order valence-corrected chi connectivity index (χ0v) is 9.72. The van der Waals surface area contributed by atoms with E-state index in [1.54, 1.807) is 29.9 Å². The highest BCUT2D eigenvalue weighted by molar-refractivity contribution is 5.93. The lowest BCUT2D eigenvalue weighted by Gasteiger charge is -2.17. The van der Waals surface area contributed by atoms with Crippen LogP contribution in [0.2, 0.25) is 0 Å². The molecule has 1 aliphatic rings. The third-order valence-corrected chi connectivity index (χ3v) is 3.33. The Kier molecular flexibility index (Phi) is 3.17. The average molecular weight is 236 g/mol. The van der Waals surface area contributed by atoms with E-state index < -0.39 is 11.9 Å². The van der Waals surface area contributed by atoms with Gasteiger partial charge in [-0.05, 0) is 25.0 Å². The van der Waals surface area contributed by atoms with Gasteiger partial charge in [0, 0.05) is 19.3 Å². The van der Waals surface area contributed by atoms with Crippen molar-refractivity contribution in [3.63, 3.8) is 0 Å². The molecule has 0 spiro atoms. The highest BCUT2D eigenvalue weighted by Gasteiger charge is 2.34. The highest BCUT2D eigenvalue weighted by Crippen LogP contribution is 2.26. The molecule has 0 radical (unpaired) electrons. The number of hydrogen-bond acceptors (Lipinski definition) is 2. The fraction of sp³-hybridized carbons (Fsp3) is 0.500. The minimum atomic E-state index is -0.820. The summed E-state index contributed by atoms with van der Waals surface area (Å²) in [6.45, 7) is 0. The van der Waals surface area contributed by atoms with Gasteiger partial charge in [-0.15, -0.1) is 0 Å². The monoisotopic (exact) mass is 236 g/mol. The number of aromatic nitrogens is 1. The molecule has 0 unspecified atom stereocenters. The molecule has 0 bridgehead atoms. The van der Waals surface area contributed by atoms with Crippen molar-refractivity contribution in [2.45, 2.75) is 25.3 Å². The molecule has 5 nitrogen and oxygen atoms in total. The van der Waals surface area contributed by atoms with Crippen molar-refractivity contribution in [1.29, 1.82) is 0 Å². The third kappa shape index (κ3) is 2.33. The van der Waals surface area contributed by atoms with Gasteiger partial charge in [0.2, 0.25) is 0 Å². The zero-order valence-electron chi connectivity index (χ0n) is 9.72. The number of carboxylic acids is 1. The van der Waals surface area contributed by atoms with Crippen LogP contribution < -0.4 is 5.32 Å². The molecule has 17 heavy (non-hydrogen) atoms. The van der Waals surface area contributed by atoms with Crippen molar-refractivity contribution in [3.05, 3.63) is 24.0 Å². The fourth-order valence-corrected chi connectivity index (χ4v) is 2.37. The van der Waals surface area contributed by atoms with Gasteiger partial charge in [0.15, 0.2) is 0 Å². The topological polar surface area (TPSA) is 71.3 Å². The molecule has 92 valence electrons. The number of carbonyl (C=O) groups is 2. The molecule has 1 saturated carbocycles. The molecule has 1 aromatic heterocycles. The van der Waals surface area contributed by atoms with Gasteiger partial charge in [-0.2, -0.15) is 0 Å². The van der Waals surface area contributed by atoms with Crippen LogP contribution in [0.3, 0.4) is 0 Å². The van der Waals surface area contributed by atoms with Crippen LogP contribution in [0.25, 0.3) is 0 Å². The quantitative estimate of drug-likeness (QED) is 0.822. The number of carbonyl (C=O) groups excluding carboxylic acids is 1. The predicted molar refractivity (Wildman–Crippen MR) is 61.6 cm³/mol.